The van der Waals surface area contributed by atoms with Crippen LogP contribution in [0.4, 0.5) is 0 Å². The standard InChI is InChI=1S/C14H23NO4/c1-2-19-14(17)11-5-3-7-15(9-11)13(16)12-6-4-8-18-10-12/h11-12H,2-10H2,1H3/t11-,12?/m1/s1. The molecule has 0 radical (unpaired) electrons. The van der Waals surface area contributed by atoms with Crippen LogP contribution in [-0.2, 0) is 19.1 Å². The van der Waals surface area contributed by atoms with Gasteiger partial charge < -0.3 is 14.4 Å². The van der Waals surface area contributed by atoms with Gasteiger partial charge in [-0.25, -0.2) is 0 Å². The van der Waals surface area contributed by atoms with E-state index in [1.54, 1.807) is 0 Å². The van der Waals surface area contributed by atoms with E-state index in [1.165, 1.54) is 0 Å². The average molecular weight is 269 g/mol. The van der Waals surface area contributed by atoms with Crippen molar-refractivity contribution in [3.63, 3.8) is 0 Å². The van der Waals surface area contributed by atoms with Crippen LogP contribution in [0.1, 0.15) is 32.6 Å². The van der Waals surface area contributed by atoms with E-state index in [0.717, 1.165) is 38.8 Å². The van der Waals surface area contributed by atoms with Gasteiger partial charge in [0, 0.05) is 19.7 Å². The van der Waals surface area contributed by atoms with Crippen LogP contribution in [-0.4, -0.2) is 49.7 Å². The van der Waals surface area contributed by atoms with Crippen molar-refractivity contribution in [3.8, 4) is 0 Å². The summed E-state index contributed by atoms with van der Waals surface area (Å²) in [7, 11) is 0. The molecule has 2 rings (SSSR count). The minimum atomic E-state index is -0.167. The van der Waals surface area contributed by atoms with Crippen LogP contribution in [0.5, 0.6) is 0 Å². The molecule has 1 unspecified atom stereocenters. The third-order valence-electron chi connectivity index (χ3n) is 3.86. The molecule has 0 saturated carbocycles. The molecule has 2 aliphatic rings. The lowest BCUT2D eigenvalue weighted by molar-refractivity contribution is -0.152. The number of rotatable bonds is 3. The molecule has 2 fully saturated rings. The van der Waals surface area contributed by atoms with Gasteiger partial charge in [0.1, 0.15) is 0 Å². The zero-order chi connectivity index (χ0) is 13.7. The Labute approximate surface area is 114 Å². The van der Waals surface area contributed by atoms with Crippen LogP contribution in [0, 0.1) is 11.8 Å². The van der Waals surface area contributed by atoms with Gasteiger partial charge >= 0.3 is 5.97 Å². The van der Waals surface area contributed by atoms with Crippen molar-refractivity contribution in [2.75, 3.05) is 32.9 Å². The van der Waals surface area contributed by atoms with E-state index in [2.05, 4.69) is 0 Å². The predicted molar refractivity (Wildman–Crippen MR) is 69.5 cm³/mol. The van der Waals surface area contributed by atoms with Crippen molar-refractivity contribution in [1.29, 1.82) is 0 Å². The molecular formula is C14H23NO4. The largest absolute Gasteiger partial charge is 0.466 e. The second kappa shape index (κ2) is 6.89. The van der Waals surface area contributed by atoms with E-state index in [0.29, 0.717) is 19.8 Å². The number of piperidine rings is 1. The van der Waals surface area contributed by atoms with Crippen LogP contribution in [0.2, 0.25) is 0 Å². The zero-order valence-electron chi connectivity index (χ0n) is 11.6. The first-order chi connectivity index (χ1) is 9.22. The number of hydrogen-bond acceptors (Lipinski definition) is 4. The number of amides is 1. The molecule has 0 bridgehead atoms. The Morgan fingerprint density at radius 2 is 2.05 bits per heavy atom. The van der Waals surface area contributed by atoms with Crippen LogP contribution in [0.3, 0.4) is 0 Å². The van der Waals surface area contributed by atoms with E-state index in [4.69, 9.17) is 9.47 Å². The fourth-order valence-corrected chi connectivity index (χ4v) is 2.82. The van der Waals surface area contributed by atoms with Crippen LogP contribution in [0.25, 0.3) is 0 Å². The van der Waals surface area contributed by atoms with E-state index in [-0.39, 0.29) is 23.7 Å². The number of carbonyl (C=O) groups is 2. The maximum Gasteiger partial charge on any atom is 0.310 e. The molecule has 108 valence electrons. The molecular weight excluding hydrogens is 246 g/mol. The summed E-state index contributed by atoms with van der Waals surface area (Å²) in [6, 6.07) is 0. The monoisotopic (exact) mass is 269 g/mol. The van der Waals surface area contributed by atoms with Crippen molar-refractivity contribution in [2.45, 2.75) is 32.6 Å². The fourth-order valence-electron chi connectivity index (χ4n) is 2.82. The summed E-state index contributed by atoms with van der Waals surface area (Å²) in [5.41, 5.74) is 0. The third-order valence-corrected chi connectivity index (χ3v) is 3.86. The quantitative estimate of drug-likeness (QED) is 0.723. The summed E-state index contributed by atoms with van der Waals surface area (Å²) in [5.74, 6) is -0.189. The highest BCUT2D eigenvalue weighted by atomic mass is 16.5. The van der Waals surface area contributed by atoms with Gasteiger partial charge in [0.05, 0.1) is 25.0 Å². The topological polar surface area (TPSA) is 55.8 Å². The summed E-state index contributed by atoms with van der Waals surface area (Å²) in [5, 5.41) is 0. The summed E-state index contributed by atoms with van der Waals surface area (Å²) in [4.78, 5) is 26.0. The van der Waals surface area contributed by atoms with Crippen LogP contribution < -0.4 is 0 Å². The van der Waals surface area contributed by atoms with Gasteiger partial charge in [-0.2, -0.15) is 0 Å². The number of esters is 1. The molecule has 2 atom stereocenters. The lowest BCUT2D eigenvalue weighted by Gasteiger charge is -2.34. The van der Waals surface area contributed by atoms with Crippen molar-refractivity contribution in [1.82, 2.24) is 4.90 Å². The third kappa shape index (κ3) is 3.69. The lowest BCUT2D eigenvalue weighted by Crippen LogP contribution is -2.46. The predicted octanol–water partition coefficient (Wildman–Crippen LogP) is 1.21. The van der Waals surface area contributed by atoms with Crippen LogP contribution >= 0.6 is 0 Å². The van der Waals surface area contributed by atoms with Gasteiger partial charge in [-0.15, -0.1) is 0 Å². The van der Waals surface area contributed by atoms with Crippen molar-refractivity contribution < 1.29 is 19.1 Å². The summed E-state index contributed by atoms with van der Waals surface area (Å²) >= 11 is 0. The molecule has 0 aliphatic carbocycles. The summed E-state index contributed by atoms with van der Waals surface area (Å²) in [6.07, 6.45) is 3.55. The smallest absolute Gasteiger partial charge is 0.310 e. The molecule has 0 N–H and O–H groups in total. The molecule has 0 spiro atoms. The molecule has 5 heteroatoms. The Morgan fingerprint density at radius 3 is 2.74 bits per heavy atom. The number of nitrogens with zero attached hydrogens (tertiary/aromatic N) is 1. The van der Waals surface area contributed by atoms with Gasteiger partial charge in [-0.1, -0.05) is 0 Å². The van der Waals surface area contributed by atoms with E-state index in [9.17, 15) is 9.59 Å². The minimum Gasteiger partial charge on any atom is -0.466 e. The molecule has 2 heterocycles. The Bertz CT molecular complexity index is 325. The van der Waals surface area contributed by atoms with Crippen molar-refractivity contribution in [2.24, 2.45) is 11.8 Å². The fraction of sp³-hybridized carbons (Fsp3) is 0.857. The Balaban J connectivity index is 1.89. The van der Waals surface area contributed by atoms with Crippen LogP contribution in [0.15, 0.2) is 0 Å². The van der Waals surface area contributed by atoms with Gasteiger partial charge in [0.2, 0.25) is 5.91 Å². The van der Waals surface area contributed by atoms with E-state index in [1.807, 2.05) is 11.8 Å². The Morgan fingerprint density at radius 1 is 1.26 bits per heavy atom. The van der Waals surface area contributed by atoms with Gasteiger partial charge in [-0.05, 0) is 32.6 Å². The zero-order valence-corrected chi connectivity index (χ0v) is 11.6. The summed E-state index contributed by atoms with van der Waals surface area (Å²) in [6.45, 7) is 4.76. The highest BCUT2D eigenvalue weighted by Gasteiger charge is 2.33. The minimum absolute atomic E-state index is 0.0188. The maximum atomic E-state index is 12.4. The van der Waals surface area contributed by atoms with Gasteiger partial charge in [-0.3, -0.25) is 9.59 Å². The molecule has 2 aliphatic heterocycles. The molecule has 0 aromatic carbocycles. The average Bonchev–Trinajstić information content (AvgIpc) is 2.48. The van der Waals surface area contributed by atoms with Crippen molar-refractivity contribution >= 4 is 11.9 Å². The maximum absolute atomic E-state index is 12.4. The van der Waals surface area contributed by atoms with Gasteiger partial charge in [0.25, 0.3) is 0 Å². The highest BCUT2D eigenvalue weighted by Crippen LogP contribution is 2.22. The molecule has 1 amide bonds. The normalized spacial score (nSPS) is 27.9. The van der Waals surface area contributed by atoms with Crippen molar-refractivity contribution in [3.05, 3.63) is 0 Å². The highest BCUT2D eigenvalue weighted by molar-refractivity contribution is 5.80. The molecule has 2 saturated heterocycles. The van der Waals surface area contributed by atoms with E-state index >= 15 is 0 Å². The Kier molecular flexibility index (Phi) is 5.19. The first-order valence-electron chi connectivity index (χ1n) is 7.25. The second-order valence-corrected chi connectivity index (χ2v) is 5.29. The first-order valence-corrected chi connectivity index (χ1v) is 7.25. The second-order valence-electron chi connectivity index (χ2n) is 5.29. The van der Waals surface area contributed by atoms with E-state index < -0.39 is 0 Å². The SMILES string of the molecule is CCOC(=O)[C@@H]1CCCN(C(=O)C2CCCOC2)C1. The molecule has 5 nitrogen and oxygen atoms in total. The Hall–Kier alpha value is -1.10. The molecule has 0 aromatic heterocycles. The number of likely N-dealkylation sites (tertiary alicyclic amines) is 1. The number of carbonyl (C=O) groups excluding carboxylic acids is 2. The van der Waals surface area contributed by atoms with Gasteiger partial charge in [0.15, 0.2) is 0 Å². The summed E-state index contributed by atoms with van der Waals surface area (Å²) < 4.78 is 10.4. The number of ether oxygens (including phenoxy) is 2. The molecule has 0 aromatic rings. The first kappa shape index (κ1) is 14.3. The number of hydrogen-bond donors (Lipinski definition) is 0. The molecule has 19 heavy (non-hydrogen) atoms. The lowest BCUT2D eigenvalue weighted by atomic mass is 9.95.